The molecule has 0 spiro atoms. The minimum absolute atomic E-state index is 0.310. The first kappa shape index (κ1) is 22.0. The second kappa shape index (κ2) is 9.76. The second-order valence-electron chi connectivity index (χ2n) is 6.86. The van der Waals surface area contributed by atoms with Gasteiger partial charge in [-0.3, -0.25) is 4.57 Å². The molecule has 0 aliphatic carbocycles. The molecule has 0 amide bonds. The van der Waals surface area contributed by atoms with Crippen molar-refractivity contribution in [3.05, 3.63) is 65.7 Å². The summed E-state index contributed by atoms with van der Waals surface area (Å²) in [6.45, 7) is 9.17. The first-order chi connectivity index (χ1) is 12.7. The normalized spacial score (nSPS) is 14.5. The summed E-state index contributed by atoms with van der Waals surface area (Å²) in [5, 5.41) is 0. The quantitative estimate of drug-likeness (QED) is 0.567. The van der Waals surface area contributed by atoms with Gasteiger partial charge in [-0.15, -0.1) is 0 Å². The molecular formula is C20H28NO4PS. The maximum Gasteiger partial charge on any atom is 0.353 e. The number of hydrogen-bond donors (Lipinski definition) is 1. The molecule has 27 heavy (non-hydrogen) atoms. The SMILES string of the molecule is Cc1ccc([S@](=O)NC(c2ccccc2)P(=O)(OC(C)C)OC(C)C)cc1. The molecule has 2 rings (SSSR count). The van der Waals surface area contributed by atoms with Crippen molar-refractivity contribution >= 4 is 18.6 Å². The summed E-state index contributed by atoms with van der Waals surface area (Å²) >= 11 is 0. The van der Waals surface area contributed by atoms with Gasteiger partial charge < -0.3 is 9.05 Å². The zero-order valence-electron chi connectivity index (χ0n) is 16.4. The zero-order valence-corrected chi connectivity index (χ0v) is 18.1. The minimum Gasteiger partial charge on any atom is -0.304 e. The molecule has 148 valence electrons. The van der Waals surface area contributed by atoms with E-state index in [1.165, 1.54) is 0 Å². The molecule has 0 aliphatic heterocycles. The maximum atomic E-state index is 13.7. The first-order valence-electron chi connectivity index (χ1n) is 8.97. The molecule has 1 N–H and O–H groups in total. The van der Waals surface area contributed by atoms with E-state index in [0.717, 1.165) is 5.56 Å². The lowest BCUT2D eigenvalue weighted by molar-refractivity contribution is 0.135. The Morgan fingerprint density at radius 3 is 1.89 bits per heavy atom. The largest absolute Gasteiger partial charge is 0.353 e. The van der Waals surface area contributed by atoms with Crippen LogP contribution in [0.1, 0.15) is 44.6 Å². The molecule has 1 unspecified atom stereocenters. The molecule has 0 saturated heterocycles. The Morgan fingerprint density at radius 1 is 0.889 bits per heavy atom. The lowest BCUT2D eigenvalue weighted by atomic mass is 10.2. The van der Waals surface area contributed by atoms with Crippen molar-refractivity contribution in [2.45, 2.75) is 57.5 Å². The van der Waals surface area contributed by atoms with E-state index in [2.05, 4.69) is 4.72 Å². The Hall–Kier alpha value is -1.30. The lowest BCUT2D eigenvalue weighted by Gasteiger charge is -2.30. The Labute approximate surface area is 164 Å². The van der Waals surface area contributed by atoms with Crippen molar-refractivity contribution in [3.8, 4) is 0 Å². The summed E-state index contributed by atoms with van der Waals surface area (Å²) in [6, 6.07) is 16.6. The van der Waals surface area contributed by atoms with Crippen LogP contribution >= 0.6 is 7.60 Å². The highest BCUT2D eigenvalue weighted by Gasteiger charge is 2.40. The highest BCUT2D eigenvalue weighted by molar-refractivity contribution is 7.83. The van der Waals surface area contributed by atoms with E-state index in [4.69, 9.17) is 9.05 Å². The third kappa shape index (κ3) is 6.37. The Bertz CT molecular complexity index is 779. The minimum atomic E-state index is -3.65. The number of nitrogens with one attached hydrogen (secondary N) is 1. The summed E-state index contributed by atoms with van der Waals surface area (Å²) in [4.78, 5) is 0.599. The molecule has 0 saturated carbocycles. The van der Waals surface area contributed by atoms with Crippen LogP contribution in [0, 0.1) is 6.92 Å². The number of aryl methyl sites for hydroxylation is 1. The van der Waals surface area contributed by atoms with Crippen LogP contribution in [-0.2, 0) is 24.6 Å². The standard InChI is InChI=1S/C20H28NO4PS/c1-15(2)24-26(22,25-16(3)4)20(18-9-7-6-8-10-18)21-27(23)19-13-11-17(5)12-14-19/h6-16,20-21H,1-5H3/t20?,27-/m0/s1. The van der Waals surface area contributed by atoms with Crippen molar-refractivity contribution in [2.75, 3.05) is 0 Å². The van der Waals surface area contributed by atoms with E-state index in [0.29, 0.717) is 10.5 Å². The zero-order chi connectivity index (χ0) is 20.0. The summed E-state index contributed by atoms with van der Waals surface area (Å²) in [5.41, 5.74) is 1.77. The van der Waals surface area contributed by atoms with Gasteiger partial charge >= 0.3 is 7.60 Å². The van der Waals surface area contributed by atoms with Gasteiger partial charge in [-0.2, -0.15) is 0 Å². The van der Waals surface area contributed by atoms with Gasteiger partial charge in [0, 0.05) is 0 Å². The van der Waals surface area contributed by atoms with Crippen molar-refractivity contribution in [3.63, 3.8) is 0 Å². The molecular weight excluding hydrogens is 381 g/mol. The molecule has 7 heteroatoms. The van der Waals surface area contributed by atoms with Crippen LogP contribution in [0.4, 0.5) is 0 Å². The molecule has 0 aromatic heterocycles. The highest BCUT2D eigenvalue weighted by Crippen LogP contribution is 2.61. The van der Waals surface area contributed by atoms with Gasteiger partial charge in [0.25, 0.3) is 0 Å². The van der Waals surface area contributed by atoms with Gasteiger partial charge in [0.2, 0.25) is 0 Å². The first-order valence-corrected chi connectivity index (χ1v) is 11.7. The highest BCUT2D eigenvalue weighted by atomic mass is 32.2. The van der Waals surface area contributed by atoms with Crippen LogP contribution in [0.5, 0.6) is 0 Å². The summed E-state index contributed by atoms with van der Waals surface area (Å²) < 4.78 is 41.1. The maximum absolute atomic E-state index is 13.7. The van der Waals surface area contributed by atoms with E-state index in [-0.39, 0.29) is 12.2 Å². The van der Waals surface area contributed by atoms with E-state index in [9.17, 15) is 8.77 Å². The van der Waals surface area contributed by atoms with Crippen molar-refractivity contribution in [1.29, 1.82) is 0 Å². The Balaban J connectivity index is 2.42. The Morgan fingerprint density at radius 2 is 1.41 bits per heavy atom. The third-order valence-corrected chi connectivity index (χ3v) is 7.42. The summed E-state index contributed by atoms with van der Waals surface area (Å²) in [7, 11) is -5.23. The van der Waals surface area contributed by atoms with E-state index >= 15 is 0 Å². The Kier molecular flexibility index (Phi) is 7.95. The van der Waals surface area contributed by atoms with Gasteiger partial charge in [0.1, 0.15) is 16.8 Å². The third-order valence-electron chi connectivity index (χ3n) is 3.60. The van der Waals surface area contributed by atoms with Gasteiger partial charge in [-0.1, -0.05) is 48.0 Å². The number of rotatable bonds is 9. The van der Waals surface area contributed by atoms with Gasteiger partial charge in [-0.25, -0.2) is 8.93 Å². The molecule has 2 atom stereocenters. The van der Waals surface area contributed by atoms with Crippen LogP contribution in [0.3, 0.4) is 0 Å². The smallest absolute Gasteiger partial charge is 0.304 e. The average molecular weight is 409 g/mol. The molecule has 0 heterocycles. The fourth-order valence-corrected chi connectivity index (χ4v) is 6.18. The molecule has 0 aliphatic rings. The van der Waals surface area contributed by atoms with Gasteiger partial charge in [-0.05, 0) is 52.3 Å². The summed E-state index contributed by atoms with van der Waals surface area (Å²) in [6.07, 6.45) is -0.620. The molecule has 0 fully saturated rings. The van der Waals surface area contributed by atoms with Crippen molar-refractivity contribution in [1.82, 2.24) is 4.72 Å². The number of benzene rings is 2. The topological polar surface area (TPSA) is 64.6 Å². The second-order valence-corrected chi connectivity index (χ2v) is 10.1. The summed E-state index contributed by atoms with van der Waals surface area (Å²) in [5.74, 6) is -0.856. The predicted octanol–water partition coefficient (Wildman–Crippen LogP) is 5.35. The van der Waals surface area contributed by atoms with Gasteiger partial charge in [0.05, 0.1) is 17.1 Å². The average Bonchev–Trinajstić information content (AvgIpc) is 2.59. The number of hydrogen-bond acceptors (Lipinski definition) is 4. The molecule has 0 radical (unpaired) electrons. The van der Waals surface area contributed by atoms with Gasteiger partial charge in [0.15, 0.2) is 0 Å². The molecule has 5 nitrogen and oxygen atoms in total. The van der Waals surface area contributed by atoms with Crippen molar-refractivity contribution < 1.29 is 17.8 Å². The van der Waals surface area contributed by atoms with Crippen LogP contribution in [0.15, 0.2) is 59.5 Å². The fourth-order valence-electron chi connectivity index (χ4n) is 2.52. The predicted molar refractivity (Wildman–Crippen MR) is 110 cm³/mol. The van der Waals surface area contributed by atoms with Crippen molar-refractivity contribution in [2.24, 2.45) is 0 Å². The lowest BCUT2D eigenvalue weighted by Crippen LogP contribution is -2.27. The van der Waals surface area contributed by atoms with E-state index in [1.54, 1.807) is 39.8 Å². The molecule has 2 aromatic carbocycles. The van der Waals surface area contributed by atoms with Crippen LogP contribution in [-0.4, -0.2) is 16.4 Å². The molecule has 0 bridgehead atoms. The fraction of sp³-hybridized carbons (Fsp3) is 0.400. The van der Waals surface area contributed by atoms with E-state index in [1.807, 2.05) is 49.4 Å². The van der Waals surface area contributed by atoms with Crippen LogP contribution in [0.25, 0.3) is 0 Å². The van der Waals surface area contributed by atoms with E-state index < -0.39 is 24.4 Å². The van der Waals surface area contributed by atoms with Crippen LogP contribution in [0.2, 0.25) is 0 Å². The van der Waals surface area contributed by atoms with Crippen LogP contribution < -0.4 is 4.72 Å². The molecule has 2 aromatic rings. The monoisotopic (exact) mass is 409 g/mol.